The number of allylic oxidation sites excluding steroid dienone is 12. The quantitative estimate of drug-likeness (QED) is 0.161. The first-order valence-corrected chi connectivity index (χ1v) is 37.1. The van der Waals surface area contributed by atoms with E-state index in [1.54, 1.807) is 33.4 Å². The molecule has 492 valence electrons. The average molecular weight is 1260 g/mol. The summed E-state index contributed by atoms with van der Waals surface area (Å²) in [7, 11) is 0. The van der Waals surface area contributed by atoms with Crippen molar-refractivity contribution in [3.63, 3.8) is 0 Å². The normalized spacial score (nSPS) is 21.6. The third-order valence-electron chi connectivity index (χ3n) is 24.6. The minimum Gasteiger partial charge on any atom is -0.458 e. The number of benzene rings is 6. The summed E-state index contributed by atoms with van der Waals surface area (Å²) >= 11 is 0. The zero-order chi connectivity index (χ0) is 67.8. The summed E-state index contributed by atoms with van der Waals surface area (Å²) in [4.78, 5) is 0. The Balaban J connectivity index is 0.983. The Morgan fingerprint density at radius 3 is 1.64 bits per heavy atom. The van der Waals surface area contributed by atoms with Crippen LogP contribution in [0.25, 0.3) is 39.1 Å². The SMILES string of the molecule is CC(C)(C)C1=CC2C3=C(CCC(C(C)(C)C)=C3)C(C3=CCCc4c5c(n(-c6cc7c8c(c6)C6c9ccc(C(C)(C)C)cc9-c9cc(C(C)(C)C)cc(c96)B8c6cc(C(C)(C)C)ccc6O7)c43)C(C3Cc4ccc(C(C)(C)C)cc4-c4cc(C(C)(C)C)ccc43)=CCC5)CC2C=C1. The van der Waals surface area contributed by atoms with Crippen LogP contribution < -0.4 is 21.1 Å². The molecule has 0 N–H and O–H groups in total. The molecule has 0 bridgehead atoms. The van der Waals surface area contributed by atoms with E-state index in [1.807, 2.05) is 0 Å². The molecular formula is C93H106BNO. The summed E-state index contributed by atoms with van der Waals surface area (Å²) in [5.41, 5.74) is 40.9. The fourth-order valence-corrected chi connectivity index (χ4v) is 19.0. The Morgan fingerprint density at radius 2 is 1.02 bits per heavy atom. The monoisotopic (exact) mass is 1260 g/mol. The van der Waals surface area contributed by atoms with Gasteiger partial charge in [-0.15, -0.1) is 0 Å². The minimum absolute atomic E-state index is 0.00107. The molecule has 6 aromatic carbocycles. The number of nitrogens with zero attached hydrogens (tertiary/aromatic N) is 1. The van der Waals surface area contributed by atoms with Crippen LogP contribution in [-0.4, -0.2) is 11.3 Å². The summed E-state index contributed by atoms with van der Waals surface area (Å²) in [6, 6.07) is 40.5. The maximum Gasteiger partial charge on any atom is 0.251 e. The van der Waals surface area contributed by atoms with Gasteiger partial charge in [0, 0.05) is 29.7 Å². The lowest BCUT2D eigenvalue weighted by molar-refractivity contribution is 0.388. The molecule has 0 spiro atoms. The Morgan fingerprint density at radius 1 is 0.469 bits per heavy atom. The molecule has 0 fully saturated rings. The van der Waals surface area contributed by atoms with Crippen LogP contribution in [0.15, 0.2) is 156 Å². The Kier molecular flexibility index (Phi) is 14.1. The highest BCUT2D eigenvalue weighted by Gasteiger charge is 2.50. The lowest BCUT2D eigenvalue weighted by Crippen LogP contribution is -2.60. The van der Waals surface area contributed by atoms with Crippen LogP contribution in [-0.2, 0) is 46.3 Å². The number of rotatable bonds is 3. The first-order valence-electron chi connectivity index (χ1n) is 37.1. The molecule has 2 nitrogen and oxygen atoms in total. The number of fused-ring (bicyclic) bond motifs is 15. The number of ether oxygens (including phenoxy) is 1. The molecule has 0 amide bonds. The summed E-state index contributed by atoms with van der Waals surface area (Å²) in [6.07, 6.45) is 24.6. The second kappa shape index (κ2) is 21.2. The zero-order valence-electron chi connectivity index (χ0n) is 62.2. The molecule has 1 aromatic heterocycles. The summed E-state index contributed by atoms with van der Waals surface area (Å²) in [5, 5.41) is 0. The van der Waals surface area contributed by atoms with Crippen molar-refractivity contribution in [3.8, 4) is 39.4 Å². The van der Waals surface area contributed by atoms with Crippen LogP contribution in [0.5, 0.6) is 11.5 Å². The molecule has 0 saturated heterocycles. The lowest BCUT2D eigenvalue weighted by atomic mass is 9.31. The van der Waals surface area contributed by atoms with E-state index in [0.717, 1.165) is 62.9 Å². The van der Waals surface area contributed by atoms with Gasteiger partial charge in [0.2, 0.25) is 0 Å². The van der Waals surface area contributed by atoms with Crippen molar-refractivity contribution in [2.45, 2.75) is 236 Å². The highest BCUT2D eigenvalue weighted by molar-refractivity contribution is 6.98. The van der Waals surface area contributed by atoms with Crippen LogP contribution >= 0.6 is 0 Å². The van der Waals surface area contributed by atoms with Gasteiger partial charge < -0.3 is 9.30 Å². The standard InChI is InChI=1S/C93H106BNO/c1-87(2,3)54-30-28-52-40-71(62-36-32-56(89(7,8)9)44-73(62)69(52)42-54)67-26-22-24-65-66-25-23-27-68(72-41-53-29-31-55(88(4,5)6)43-70(53)74-45-57(90(10,11)12)33-37-63(72)74)86(66)95(85(65)67)61-50-77-82-64-38-34-58(91(13,14)15)46-75(64)76-47-60(93(19,20)21)49-79(83(76)82)94-78-48-59(92(16,17)18)35-39-80(78)96-81(51-61)84(77)94/h26-32,34-36,38-39,42-51,53,70-72,82H,22-25,33,37,40-41H2,1-21H3. The highest BCUT2D eigenvalue weighted by Crippen LogP contribution is 2.59. The van der Waals surface area contributed by atoms with E-state index in [1.165, 1.54) is 122 Å². The Labute approximate surface area is 577 Å². The molecule has 3 heterocycles. The highest BCUT2D eigenvalue weighted by atomic mass is 16.5. The summed E-state index contributed by atoms with van der Waals surface area (Å²) in [5.74, 6) is 3.28. The van der Waals surface area contributed by atoms with Gasteiger partial charge in [-0.2, -0.15) is 0 Å². The Bertz CT molecular complexity index is 4720. The maximum atomic E-state index is 7.77. The third kappa shape index (κ3) is 10.0. The van der Waals surface area contributed by atoms with E-state index >= 15 is 0 Å². The molecule has 96 heavy (non-hydrogen) atoms. The molecule has 7 aliphatic carbocycles. The van der Waals surface area contributed by atoms with Gasteiger partial charge in [0.25, 0.3) is 6.71 Å². The smallest absolute Gasteiger partial charge is 0.251 e. The fourth-order valence-electron chi connectivity index (χ4n) is 19.0. The van der Waals surface area contributed by atoms with Crippen LogP contribution in [0.3, 0.4) is 0 Å². The summed E-state index contributed by atoms with van der Waals surface area (Å²) < 4.78 is 10.7. The van der Waals surface area contributed by atoms with E-state index < -0.39 is 0 Å². The van der Waals surface area contributed by atoms with Crippen molar-refractivity contribution in [3.05, 3.63) is 234 Å². The van der Waals surface area contributed by atoms with Gasteiger partial charge in [-0.1, -0.05) is 277 Å². The van der Waals surface area contributed by atoms with Gasteiger partial charge >= 0.3 is 0 Å². The second-order valence-corrected chi connectivity index (χ2v) is 38.2. The van der Waals surface area contributed by atoms with Gasteiger partial charge in [0.1, 0.15) is 11.5 Å². The molecule has 5 atom stereocenters. The van der Waals surface area contributed by atoms with E-state index in [4.69, 9.17) is 4.74 Å². The zero-order valence-corrected chi connectivity index (χ0v) is 62.2. The lowest BCUT2D eigenvalue weighted by Gasteiger charge is -2.44. The summed E-state index contributed by atoms with van der Waals surface area (Å²) in [6.45, 7) is 50.3. The molecule has 2 aliphatic heterocycles. The van der Waals surface area contributed by atoms with E-state index in [0.29, 0.717) is 11.8 Å². The van der Waals surface area contributed by atoms with E-state index in [9.17, 15) is 0 Å². The van der Waals surface area contributed by atoms with Gasteiger partial charge in [-0.25, -0.2) is 0 Å². The second-order valence-electron chi connectivity index (χ2n) is 38.2. The van der Waals surface area contributed by atoms with Gasteiger partial charge in [-0.05, 0) is 230 Å². The van der Waals surface area contributed by atoms with Crippen LogP contribution in [0.1, 0.15) is 267 Å². The largest absolute Gasteiger partial charge is 0.458 e. The van der Waals surface area contributed by atoms with E-state index in [2.05, 4.69) is 283 Å². The van der Waals surface area contributed by atoms with Crippen molar-refractivity contribution < 1.29 is 4.74 Å². The molecule has 9 aliphatic rings. The molecular weight excluding hydrogens is 1160 g/mol. The van der Waals surface area contributed by atoms with Crippen molar-refractivity contribution in [1.29, 1.82) is 0 Å². The third-order valence-corrected chi connectivity index (χ3v) is 24.6. The van der Waals surface area contributed by atoms with Crippen molar-refractivity contribution in [2.24, 2.45) is 28.6 Å². The first-order chi connectivity index (χ1) is 45.0. The van der Waals surface area contributed by atoms with Gasteiger partial charge in [0.05, 0.1) is 17.1 Å². The molecule has 3 heteroatoms. The van der Waals surface area contributed by atoms with Crippen LogP contribution in [0.4, 0.5) is 0 Å². The number of hydrogen-bond acceptors (Lipinski definition) is 1. The average Bonchev–Trinajstić information content (AvgIpc) is 1.76. The Hall–Kier alpha value is -7.10. The molecule has 0 radical (unpaired) electrons. The van der Waals surface area contributed by atoms with Crippen molar-refractivity contribution >= 4 is 34.2 Å². The van der Waals surface area contributed by atoms with Crippen LogP contribution in [0, 0.1) is 28.6 Å². The molecule has 7 aromatic rings. The van der Waals surface area contributed by atoms with E-state index in [-0.39, 0.29) is 62.4 Å². The predicted octanol–water partition coefficient (Wildman–Crippen LogP) is 22.6. The number of hydrogen-bond donors (Lipinski definition) is 0. The topological polar surface area (TPSA) is 14.2 Å². The molecule has 0 saturated carbocycles. The predicted molar refractivity (Wildman–Crippen MR) is 410 cm³/mol. The minimum atomic E-state index is -0.0634. The van der Waals surface area contributed by atoms with Crippen molar-refractivity contribution in [2.75, 3.05) is 0 Å². The molecule has 16 rings (SSSR count). The van der Waals surface area contributed by atoms with Crippen LogP contribution in [0.2, 0.25) is 0 Å². The van der Waals surface area contributed by atoms with Gasteiger partial charge in [-0.3, -0.25) is 0 Å². The number of aromatic nitrogens is 1. The first kappa shape index (κ1) is 63.6. The maximum absolute atomic E-state index is 7.77. The van der Waals surface area contributed by atoms with Crippen molar-refractivity contribution in [1.82, 2.24) is 4.57 Å². The fraction of sp³-hybridized carbons (Fsp3) is 0.441. The molecule has 5 unspecified atom stereocenters. The van der Waals surface area contributed by atoms with Gasteiger partial charge in [0.15, 0.2) is 0 Å².